The molecule has 4 aromatic rings. The molecule has 30 heavy (non-hydrogen) atoms. The highest BCUT2D eigenvalue weighted by atomic mass is 16.2. The molecule has 1 atom stereocenters. The van der Waals surface area contributed by atoms with Crippen LogP contribution in [-0.2, 0) is 0 Å². The molecule has 0 aliphatic carbocycles. The molecule has 1 fully saturated rings. The minimum atomic E-state index is -0.305. The van der Waals surface area contributed by atoms with Gasteiger partial charge in [-0.05, 0) is 31.0 Å². The predicted molar refractivity (Wildman–Crippen MR) is 115 cm³/mol. The van der Waals surface area contributed by atoms with E-state index in [0.717, 1.165) is 12.8 Å². The number of para-hydroxylation sites is 2. The fraction of sp³-hybridized carbons (Fsp3) is 0.217. The molecule has 1 N–H and O–H groups in total. The molecule has 2 aromatic heterocycles. The summed E-state index contributed by atoms with van der Waals surface area (Å²) in [5, 5.41) is 1.29. The Hall–Kier alpha value is -3.74. The van der Waals surface area contributed by atoms with Crippen molar-refractivity contribution in [2.75, 3.05) is 13.1 Å². The SMILES string of the molecule is O=C(c1cc(=O)[nH]c2ccccc12)N1CCCC(n2cnc3ccccc3c2=O)C1. The summed E-state index contributed by atoms with van der Waals surface area (Å²) >= 11 is 0. The lowest BCUT2D eigenvalue weighted by Crippen LogP contribution is -2.43. The number of aromatic nitrogens is 3. The standard InChI is InChI=1S/C23H20N4O3/c28-21-12-18(16-7-1-4-10-20(16)25-21)22(29)26-11-5-6-15(13-26)27-14-24-19-9-3-2-8-17(19)23(27)30/h1-4,7-10,12,14-15H,5-6,11,13H2,(H,25,28). The van der Waals surface area contributed by atoms with Crippen LogP contribution in [0.2, 0.25) is 0 Å². The molecular formula is C23H20N4O3. The van der Waals surface area contributed by atoms with E-state index in [0.29, 0.717) is 40.5 Å². The molecule has 150 valence electrons. The van der Waals surface area contributed by atoms with Gasteiger partial charge in [-0.25, -0.2) is 4.98 Å². The largest absolute Gasteiger partial charge is 0.337 e. The smallest absolute Gasteiger partial charge is 0.261 e. The first-order valence-electron chi connectivity index (χ1n) is 9.99. The summed E-state index contributed by atoms with van der Waals surface area (Å²) in [5.41, 5.74) is 1.29. The zero-order chi connectivity index (χ0) is 20.7. The van der Waals surface area contributed by atoms with E-state index in [-0.39, 0.29) is 23.1 Å². The van der Waals surface area contributed by atoms with Crippen molar-refractivity contribution in [1.29, 1.82) is 0 Å². The summed E-state index contributed by atoms with van der Waals surface area (Å²) in [4.78, 5) is 47.3. The van der Waals surface area contributed by atoms with E-state index in [9.17, 15) is 14.4 Å². The van der Waals surface area contributed by atoms with Crippen molar-refractivity contribution in [3.8, 4) is 0 Å². The van der Waals surface area contributed by atoms with Crippen molar-refractivity contribution >= 4 is 27.7 Å². The highest BCUT2D eigenvalue weighted by Gasteiger charge is 2.27. The van der Waals surface area contributed by atoms with Crippen LogP contribution in [-0.4, -0.2) is 38.4 Å². The van der Waals surface area contributed by atoms with Crippen LogP contribution < -0.4 is 11.1 Å². The molecule has 0 spiro atoms. The number of piperidine rings is 1. The Labute approximate surface area is 171 Å². The second kappa shape index (κ2) is 7.26. The van der Waals surface area contributed by atoms with Gasteiger partial charge in [-0.3, -0.25) is 19.0 Å². The van der Waals surface area contributed by atoms with Crippen LogP contribution >= 0.6 is 0 Å². The van der Waals surface area contributed by atoms with E-state index in [1.54, 1.807) is 27.9 Å². The molecule has 1 aliphatic rings. The zero-order valence-electron chi connectivity index (χ0n) is 16.2. The maximum absolute atomic E-state index is 13.3. The van der Waals surface area contributed by atoms with E-state index < -0.39 is 0 Å². The number of carbonyl (C=O) groups is 1. The van der Waals surface area contributed by atoms with Gasteiger partial charge in [0.2, 0.25) is 5.56 Å². The Morgan fingerprint density at radius 3 is 2.67 bits per heavy atom. The second-order valence-electron chi connectivity index (χ2n) is 7.61. The number of fused-ring (bicyclic) bond motifs is 2. The number of rotatable bonds is 2. The average Bonchev–Trinajstić information content (AvgIpc) is 2.78. The number of likely N-dealkylation sites (tertiary alicyclic amines) is 1. The van der Waals surface area contributed by atoms with Crippen molar-refractivity contribution in [2.45, 2.75) is 18.9 Å². The Morgan fingerprint density at radius 1 is 1.03 bits per heavy atom. The third kappa shape index (κ3) is 3.08. The van der Waals surface area contributed by atoms with E-state index in [1.807, 2.05) is 36.4 Å². The topological polar surface area (TPSA) is 88.1 Å². The van der Waals surface area contributed by atoms with Gasteiger partial charge in [-0.1, -0.05) is 30.3 Å². The highest BCUT2D eigenvalue weighted by Crippen LogP contribution is 2.24. The summed E-state index contributed by atoms with van der Waals surface area (Å²) in [7, 11) is 0. The molecule has 7 nitrogen and oxygen atoms in total. The van der Waals surface area contributed by atoms with Gasteiger partial charge >= 0.3 is 0 Å². The van der Waals surface area contributed by atoms with Crippen molar-refractivity contribution in [2.24, 2.45) is 0 Å². The van der Waals surface area contributed by atoms with Crippen LogP contribution in [0.5, 0.6) is 0 Å². The normalized spacial score (nSPS) is 16.8. The number of nitrogens with zero attached hydrogens (tertiary/aromatic N) is 3. The summed E-state index contributed by atoms with van der Waals surface area (Å²) < 4.78 is 1.64. The minimum Gasteiger partial charge on any atom is -0.337 e. The number of pyridine rings is 1. The molecule has 2 aromatic carbocycles. The van der Waals surface area contributed by atoms with Gasteiger partial charge < -0.3 is 9.88 Å². The van der Waals surface area contributed by atoms with Gasteiger partial charge in [0.05, 0.1) is 28.8 Å². The van der Waals surface area contributed by atoms with Crippen LogP contribution in [0.3, 0.4) is 0 Å². The Balaban J connectivity index is 1.50. The number of hydrogen-bond donors (Lipinski definition) is 1. The average molecular weight is 400 g/mol. The van der Waals surface area contributed by atoms with Gasteiger partial charge in [0.15, 0.2) is 0 Å². The third-order valence-corrected chi connectivity index (χ3v) is 5.75. The summed E-state index contributed by atoms with van der Waals surface area (Å²) in [6, 6.07) is 15.8. The van der Waals surface area contributed by atoms with Gasteiger partial charge in [0, 0.05) is 30.1 Å². The Bertz CT molecular complexity index is 1390. The first kappa shape index (κ1) is 18.3. The van der Waals surface area contributed by atoms with Crippen LogP contribution in [0, 0.1) is 0 Å². The number of H-pyrrole nitrogens is 1. The van der Waals surface area contributed by atoms with Crippen molar-refractivity contribution in [3.05, 3.63) is 87.2 Å². The minimum absolute atomic E-state index is 0.0958. The summed E-state index contributed by atoms with van der Waals surface area (Å²) in [5.74, 6) is -0.191. The fourth-order valence-corrected chi connectivity index (χ4v) is 4.26. The van der Waals surface area contributed by atoms with Crippen molar-refractivity contribution in [3.63, 3.8) is 0 Å². The zero-order valence-corrected chi connectivity index (χ0v) is 16.2. The monoisotopic (exact) mass is 400 g/mol. The number of aromatic amines is 1. The lowest BCUT2D eigenvalue weighted by Gasteiger charge is -2.33. The van der Waals surface area contributed by atoms with Crippen LogP contribution in [0.1, 0.15) is 29.2 Å². The quantitative estimate of drug-likeness (QED) is 0.560. The summed E-state index contributed by atoms with van der Waals surface area (Å²) in [6.07, 6.45) is 3.14. The fourth-order valence-electron chi connectivity index (χ4n) is 4.26. The number of amides is 1. The third-order valence-electron chi connectivity index (χ3n) is 5.75. The molecule has 0 bridgehead atoms. The highest BCUT2D eigenvalue weighted by molar-refractivity contribution is 6.06. The van der Waals surface area contributed by atoms with Crippen LogP contribution in [0.4, 0.5) is 0 Å². The van der Waals surface area contributed by atoms with Gasteiger partial charge in [0.1, 0.15) is 0 Å². The van der Waals surface area contributed by atoms with Crippen LogP contribution in [0.15, 0.2) is 70.5 Å². The van der Waals surface area contributed by atoms with E-state index in [1.165, 1.54) is 6.07 Å². The second-order valence-corrected chi connectivity index (χ2v) is 7.61. The molecule has 1 aliphatic heterocycles. The molecule has 1 saturated heterocycles. The molecule has 1 unspecified atom stereocenters. The summed E-state index contributed by atoms with van der Waals surface area (Å²) in [6.45, 7) is 0.992. The Morgan fingerprint density at radius 2 is 1.80 bits per heavy atom. The van der Waals surface area contributed by atoms with Crippen LogP contribution in [0.25, 0.3) is 21.8 Å². The maximum atomic E-state index is 13.3. The van der Waals surface area contributed by atoms with E-state index in [2.05, 4.69) is 9.97 Å². The molecule has 0 radical (unpaired) electrons. The first-order valence-corrected chi connectivity index (χ1v) is 9.99. The predicted octanol–water partition coefficient (Wildman–Crippen LogP) is 2.72. The van der Waals surface area contributed by atoms with Gasteiger partial charge in [0.25, 0.3) is 11.5 Å². The van der Waals surface area contributed by atoms with E-state index in [4.69, 9.17) is 0 Å². The molecule has 0 saturated carbocycles. The molecule has 3 heterocycles. The van der Waals surface area contributed by atoms with Gasteiger partial charge in [-0.15, -0.1) is 0 Å². The Kier molecular flexibility index (Phi) is 4.43. The molecule has 7 heteroatoms. The molecular weight excluding hydrogens is 380 g/mol. The number of carbonyl (C=O) groups excluding carboxylic acids is 1. The first-order chi connectivity index (χ1) is 14.6. The lowest BCUT2D eigenvalue weighted by molar-refractivity contribution is 0.0679. The molecule has 5 rings (SSSR count). The van der Waals surface area contributed by atoms with Gasteiger partial charge in [-0.2, -0.15) is 0 Å². The van der Waals surface area contributed by atoms with E-state index >= 15 is 0 Å². The lowest BCUT2D eigenvalue weighted by atomic mass is 10.0. The number of nitrogens with one attached hydrogen (secondary N) is 1. The molecule has 1 amide bonds. The van der Waals surface area contributed by atoms with Crippen molar-refractivity contribution < 1.29 is 4.79 Å². The number of hydrogen-bond acceptors (Lipinski definition) is 4. The maximum Gasteiger partial charge on any atom is 0.261 e. The number of benzene rings is 2. The van der Waals surface area contributed by atoms with Crippen molar-refractivity contribution in [1.82, 2.24) is 19.4 Å².